The van der Waals surface area contributed by atoms with Gasteiger partial charge in [0, 0.05) is 18.8 Å². The second kappa shape index (κ2) is 5.09. The molecular formula is C13H16N4O3. The molecule has 2 heterocycles. The summed E-state index contributed by atoms with van der Waals surface area (Å²) in [5, 5.41) is 16.5. The number of carbonyl (C=O) groups excluding carboxylic acids is 1. The van der Waals surface area contributed by atoms with Gasteiger partial charge in [-0.15, -0.1) is 0 Å². The van der Waals surface area contributed by atoms with Crippen LogP contribution in [-0.4, -0.2) is 31.9 Å². The number of hydrogen-bond acceptors (Lipinski definition) is 5. The molecule has 2 aromatic rings. The van der Waals surface area contributed by atoms with Crippen LogP contribution < -0.4 is 5.32 Å². The number of hydrogen-bond donors (Lipinski definition) is 2. The second-order valence-electron chi connectivity index (χ2n) is 5.15. The van der Waals surface area contributed by atoms with Crippen LogP contribution in [0.3, 0.4) is 0 Å². The first-order valence-corrected chi connectivity index (χ1v) is 6.49. The van der Waals surface area contributed by atoms with Crippen LogP contribution >= 0.6 is 0 Å². The molecule has 3 rings (SSSR count). The summed E-state index contributed by atoms with van der Waals surface area (Å²) in [6.07, 6.45) is 7.28. The van der Waals surface area contributed by atoms with E-state index in [-0.39, 0.29) is 29.7 Å². The summed E-state index contributed by atoms with van der Waals surface area (Å²) < 4.78 is 6.69. The highest BCUT2D eigenvalue weighted by Crippen LogP contribution is 2.38. The van der Waals surface area contributed by atoms with E-state index in [9.17, 15) is 9.90 Å². The maximum atomic E-state index is 12.1. The van der Waals surface area contributed by atoms with Crippen LogP contribution in [0, 0.1) is 5.92 Å². The third kappa shape index (κ3) is 2.44. The van der Waals surface area contributed by atoms with E-state index in [2.05, 4.69) is 15.4 Å². The van der Waals surface area contributed by atoms with Gasteiger partial charge in [-0.05, 0) is 18.8 Å². The van der Waals surface area contributed by atoms with Gasteiger partial charge in [0.05, 0.1) is 24.5 Å². The number of rotatable bonds is 4. The molecule has 1 atom stereocenters. The zero-order chi connectivity index (χ0) is 14.1. The van der Waals surface area contributed by atoms with Crippen molar-refractivity contribution < 1.29 is 14.3 Å². The second-order valence-corrected chi connectivity index (χ2v) is 5.15. The number of nitrogens with one attached hydrogen (secondary N) is 1. The van der Waals surface area contributed by atoms with E-state index in [0.717, 1.165) is 5.56 Å². The van der Waals surface area contributed by atoms with Crippen molar-refractivity contribution in [3.05, 3.63) is 36.3 Å². The Morgan fingerprint density at radius 2 is 2.35 bits per heavy atom. The summed E-state index contributed by atoms with van der Waals surface area (Å²) in [6, 6.07) is -0.176. The van der Waals surface area contributed by atoms with Crippen molar-refractivity contribution in [3.8, 4) is 0 Å². The van der Waals surface area contributed by atoms with Crippen LogP contribution in [0.25, 0.3) is 0 Å². The van der Waals surface area contributed by atoms with Crippen molar-refractivity contribution in [2.75, 3.05) is 0 Å². The van der Waals surface area contributed by atoms with Crippen LogP contribution in [0.4, 0.5) is 0 Å². The van der Waals surface area contributed by atoms with E-state index >= 15 is 0 Å². The van der Waals surface area contributed by atoms with E-state index in [4.69, 9.17) is 4.42 Å². The SMILES string of the molecule is Cn1cc([C@@H](NC(=O)c2cnco2)C2CC(O)C2)cn1. The summed E-state index contributed by atoms with van der Waals surface area (Å²) >= 11 is 0. The number of aliphatic hydroxyl groups excluding tert-OH is 1. The van der Waals surface area contributed by atoms with Crippen molar-refractivity contribution in [2.45, 2.75) is 25.0 Å². The normalized spacial score (nSPS) is 23.1. The fraction of sp³-hybridized carbons (Fsp3) is 0.462. The molecule has 1 fully saturated rings. The van der Waals surface area contributed by atoms with Crippen LogP contribution in [-0.2, 0) is 7.05 Å². The zero-order valence-electron chi connectivity index (χ0n) is 11.1. The number of aryl methyl sites for hydroxylation is 1. The number of aromatic nitrogens is 3. The first-order chi connectivity index (χ1) is 9.63. The standard InChI is InChI=1S/C13H16N4O3/c1-17-6-9(4-15-17)12(8-2-10(18)3-8)16-13(19)11-5-14-7-20-11/h4-8,10,12,18H,2-3H2,1H3,(H,16,19)/t8?,10?,12-/m0/s1. The minimum Gasteiger partial charge on any atom is -0.438 e. The van der Waals surface area contributed by atoms with Crippen molar-refractivity contribution in [1.82, 2.24) is 20.1 Å². The van der Waals surface area contributed by atoms with Gasteiger partial charge in [-0.25, -0.2) is 4.98 Å². The number of oxazole rings is 1. The Balaban J connectivity index is 1.77. The average molecular weight is 276 g/mol. The van der Waals surface area contributed by atoms with Gasteiger partial charge in [0.25, 0.3) is 5.91 Å². The summed E-state index contributed by atoms with van der Waals surface area (Å²) in [7, 11) is 1.83. The molecule has 0 saturated heterocycles. The molecule has 2 N–H and O–H groups in total. The molecule has 1 aliphatic rings. The molecule has 0 bridgehead atoms. The molecule has 20 heavy (non-hydrogen) atoms. The predicted octanol–water partition coefficient (Wildman–Crippen LogP) is 0.650. The quantitative estimate of drug-likeness (QED) is 0.855. The summed E-state index contributed by atoms with van der Waals surface area (Å²) in [4.78, 5) is 15.8. The van der Waals surface area contributed by atoms with E-state index in [1.807, 2.05) is 13.2 Å². The topological polar surface area (TPSA) is 93.2 Å². The predicted molar refractivity (Wildman–Crippen MR) is 68.6 cm³/mol. The van der Waals surface area contributed by atoms with Gasteiger partial charge in [0.15, 0.2) is 6.39 Å². The highest BCUT2D eigenvalue weighted by molar-refractivity contribution is 5.91. The molecule has 0 aromatic carbocycles. The molecule has 1 amide bonds. The lowest BCUT2D eigenvalue weighted by Crippen LogP contribution is -2.41. The monoisotopic (exact) mass is 276 g/mol. The van der Waals surface area contributed by atoms with E-state index in [1.165, 1.54) is 12.6 Å². The third-order valence-corrected chi connectivity index (χ3v) is 3.65. The van der Waals surface area contributed by atoms with Crippen molar-refractivity contribution in [2.24, 2.45) is 13.0 Å². The lowest BCUT2D eigenvalue weighted by atomic mass is 9.75. The van der Waals surface area contributed by atoms with Gasteiger partial charge >= 0.3 is 0 Å². The van der Waals surface area contributed by atoms with Crippen LogP contribution in [0.5, 0.6) is 0 Å². The number of amides is 1. The minimum absolute atomic E-state index is 0.176. The molecule has 2 aromatic heterocycles. The molecule has 1 saturated carbocycles. The van der Waals surface area contributed by atoms with E-state index in [1.54, 1.807) is 10.9 Å². The molecule has 7 nitrogen and oxygen atoms in total. The molecular weight excluding hydrogens is 260 g/mol. The molecule has 7 heteroatoms. The van der Waals surface area contributed by atoms with Crippen LogP contribution in [0.1, 0.15) is 35.0 Å². The third-order valence-electron chi connectivity index (χ3n) is 3.65. The highest BCUT2D eigenvalue weighted by Gasteiger charge is 2.36. The Labute approximate surface area is 115 Å². The fourth-order valence-corrected chi connectivity index (χ4v) is 2.52. The summed E-state index contributed by atoms with van der Waals surface area (Å²) in [6.45, 7) is 0. The van der Waals surface area contributed by atoms with Gasteiger partial charge in [0.2, 0.25) is 5.76 Å². The Kier molecular flexibility index (Phi) is 3.27. The largest absolute Gasteiger partial charge is 0.438 e. The summed E-state index contributed by atoms with van der Waals surface area (Å²) in [5.74, 6) is 0.0811. The maximum absolute atomic E-state index is 12.1. The minimum atomic E-state index is -0.308. The van der Waals surface area contributed by atoms with Crippen LogP contribution in [0.2, 0.25) is 0 Å². The first kappa shape index (κ1) is 12.9. The fourth-order valence-electron chi connectivity index (χ4n) is 2.52. The molecule has 106 valence electrons. The summed E-state index contributed by atoms with van der Waals surface area (Å²) in [5.41, 5.74) is 0.928. The van der Waals surface area contributed by atoms with Crippen molar-refractivity contribution >= 4 is 5.91 Å². The van der Waals surface area contributed by atoms with Gasteiger partial charge in [-0.1, -0.05) is 0 Å². The molecule has 0 spiro atoms. The molecule has 0 radical (unpaired) electrons. The van der Waals surface area contributed by atoms with E-state index in [0.29, 0.717) is 12.8 Å². The number of aliphatic hydroxyl groups is 1. The Hall–Kier alpha value is -2.15. The smallest absolute Gasteiger partial charge is 0.289 e. The molecule has 0 aliphatic heterocycles. The van der Waals surface area contributed by atoms with Crippen molar-refractivity contribution in [3.63, 3.8) is 0 Å². The highest BCUT2D eigenvalue weighted by atomic mass is 16.3. The van der Waals surface area contributed by atoms with Gasteiger partial charge in [0.1, 0.15) is 0 Å². The Bertz CT molecular complexity index is 587. The average Bonchev–Trinajstić information content (AvgIpc) is 3.03. The van der Waals surface area contributed by atoms with Gasteiger partial charge in [-0.3, -0.25) is 9.48 Å². The van der Waals surface area contributed by atoms with Gasteiger partial charge in [-0.2, -0.15) is 5.10 Å². The number of nitrogens with zero attached hydrogens (tertiary/aromatic N) is 3. The van der Waals surface area contributed by atoms with Crippen LogP contribution in [0.15, 0.2) is 29.4 Å². The molecule has 1 aliphatic carbocycles. The van der Waals surface area contributed by atoms with Gasteiger partial charge < -0.3 is 14.8 Å². The Morgan fingerprint density at radius 3 is 2.90 bits per heavy atom. The Morgan fingerprint density at radius 1 is 1.55 bits per heavy atom. The van der Waals surface area contributed by atoms with Crippen molar-refractivity contribution in [1.29, 1.82) is 0 Å². The molecule has 0 unspecified atom stereocenters. The first-order valence-electron chi connectivity index (χ1n) is 6.49. The van der Waals surface area contributed by atoms with E-state index < -0.39 is 0 Å². The lowest BCUT2D eigenvalue weighted by Gasteiger charge is -2.37. The zero-order valence-corrected chi connectivity index (χ0v) is 11.1. The number of carbonyl (C=O) groups is 1. The maximum Gasteiger partial charge on any atom is 0.289 e. The lowest BCUT2D eigenvalue weighted by molar-refractivity contribution is 0.0232.